The van der Waals surface area contributed by atoms with Gasteiger partial charge in [-0.1, -0.05) is 13.8 Å². The van der Waals surface area contributed by atoms with Crippen LogP contribution in [0.1, 0.15) is 46.5 Å². The fraction of sp³-hybridized carbons (Fsp3) is 0.857. The number of rotatable bonds is 7. The average Bonchev–Trinajstić information content (AvgIpc) is 3.04. The van der Waals surface area contributed by atoms with E-state index in [2.05, 4.69) is 0 Å². The number of carbonyl (C=O) groups excluding carboxylic acids is 1. The minimum absolute atomic E-state index is 0.124. The molecule has 7 heteroatoms. The van der Waals surface area contributed by atoms with Crippen LogP contribution in [0.4, 0.5) is 13.2 Å². The molecule has 1 rings (SSSR count). The number of amides is 1. The number of carboxylic acids is 1. The predicted octanol–water partition coefficient (Wildman–Crippen LogP) is 3.07. The molecular formula is C14H22F3NO3. The molecule has 1 unspecified atom stereocenters. The summed E-state index contributed by atoms with van der Waals surface area (Å²) in [5, 5.41) is 8.79. The number of aliphatic carboxylic acids is 1. The van der Waals surface area contributed by atoms with Crippen molar-refractivity contribution >= 4 is 11.9 Å². The van der Waals surface area contributed by atoms with Gasteiger partial charge in [0.05, 0.1) is 6.42 Å². The molecule has 0 aromatic heterocycles. The molecule has 1 amide bonds. The number of carboxylic acid groups (broad SMARTS) is 1. The first-order valence-corrected chi connectivity index (χ1v) is 6.99. The Balaban J connectivity index is 2.77. The number of nitrogens with zero attached hydrogens (tertiary/aromatic N) is 1. The van der Waals surface area contributed by atoms with Crippen molar-refractivity contribution in [1.29, 1.82) is 0 Å². The van der Waals surface area contributed by atoms with Crippen LogP contribution < -0.4 is 0 Å². The maximum Gasteiger partial charge on any atom is 0.406 e. The lowest BCUT2D eigenvalue weighted by atomic mass is 9.85. The fourth-order valence-electron chi connectivity index (χ4n) is 2.47. The van der Waals surface area contributed by atoms with Gasteiger partial charge in [0.2, 0.25) is 5.91 Å². The Morgan fingerprint density at radius 3 is 2.14 bits per heavy atom. The summed E-state index contributed by atoms with van der Waals surface area (Å²) in [5.74, 6) is -1.57. The molecule has 1 N–H and O–H groups in total. The third-order valence-electron chi connectivity index (χ3n) is 3.73. The molecule has 0 saturated heterocycles. The number of alkyl halides is 3. The molecule has 1 aliphatic carbocycles. The summed E-state index contributed by atoms with van der Waals surface area (Å²) in [6.07, 6.45) is -3.23. The smallest absolute Gasteiger partial charge is 0.406 e. The Morgan fingerprint density at radius 1 is 1.24 bits per heavy atom. The van der Waals surface area contributed by atoms with Gasteiger partial charge in [0.1, 0.15) is 6.54 Å². The van der Waals surface area contributed by atoms with E-state index in [1.54, 1.807) is 20.8 Å². The summed E-state index contributed by atoms with van der Waals surface area (Å²) < 4.78 is 38.0. The number of hydrogen-bond acceptors (Lipinski definition) is 2. The van der Waals surface area contributed by atoms with Crippen molar-refractivity contribution in [3.8, 4) is 0 Å². The van der Waals surface area contributed by atoms with E-state index in [0.29, 0.717) is 0 Å². The maximum atomic E-state index is 12.7. The van der Waals surface area contributed by atoms with E-state index in [-0.39, 0.29) is 18.8 Å². The Bertz CT molecular complexity index is 403. The normalized spacial score (nSPS) is 17.4. The lowest BCUT2D eigenvalue weighted by Crippen LogP contribution is -2.46. The highest BCUT2D eigenvalue weighted by atomic mass is 19.4. The summed E-state index contributed by atoms with van der Waals surface area (Å²) in [6, 6.07) is -0.459. The summed E-state index contributed by atoms with van der Waals surface area (Å²) in [4.78, 5) is 23.8. The summed E-state index contributed by atoms with van der Waals surface area (Å²) >= 11 is 0. The average molecular weight is 309 g/mol. The quantitative estimate of drug-likeness (QED) is 0.786. The van der Waals surface area contributed by atoms with Crippen LogP contribution in [0.15, 0.2) is 0 Å². The van der Waals surface area contributed by atoms with Crippen molar-refractivity contribution in [3.63, 3.8) is 0 Å². The van der Waals surface area contributed by atoms with Crippen LogP contribution in [0.3, 0.4) is 0 Å². The SMILES string of the molecule is CC(C1CC1)N(CC(F)(F)F)C(=O)CC(C)(C)CC(=O)O. The zero-order chi connectivity index (χ0) is 16.4. The van der Waals surface area contributed by atoms with Gasteiger partial charge in [-0.25, -0.2) is 0 Å². The second-order valence-electron chi connectivity index (χ2n) is 6.63. The first kappa shape index (κ1) is 17.8. The molecule has 122 valence electrons. The fourth-order valence-corrected chi connectivity index (χ4v) is 2.47. The molecule has 21 heavy (non-hydrogen) atoms. The van der Waals surface area contributed by atoms with E-state index < -0.39 is 36.1 Å². The summed E-state index contributed by atoms with van der Waals surface area (Å²) in [7, 11) is 0. The minimum atomic E-state index is -4.45. The first-order chi connectivity index (χ1) is 9.41. The Kier molecular flexibility index (Phi) is 5.28. The molecule has 1 fully saturated rings. The third kappa shape index (κ3) is 6.35. The van der Waals surface area contributed by atoms with Gasteiger partial charge in [-0.05, 0) is 31.1 Å². The number of hydrogen-bond donors (Lipinski definition) is 1. The van der Waals surface area contributed by atoms with Crippen molar-refractivity contribution < 1.29 is 27.9 Å². The topological polar surface area (TPSA) is 57.6 Å². The highest BCUT2D eigenvalue weighted by Gasteiger charge is 2.41. The van der Waals surface area contributed by atoms with Gasteiger partial charge >= 0.3 is 12.1 Å². The third-order valence-corrected chi connectivity index (χ3v) is 3.73. The minimum Gasteiger partial charge on any atom is -0.481 e. The zero-order valence-electron chi connectivity index (χ0n) is 12.5. The number of carbonyl (C=O) groups is 2. The van der Waals surface area contributed by atoms with Crippen LogP contribution in [0.25, 0.3) is 0 Å². The highest BCUT2D eigenvalue weighted by Crippen LogP contribution is 2.37. The molecule has 1 atom stereocenters. The molecular weight excluding hydrogens is 287 g/mol. The van der Waals surface area contributed by atoms with Crippen LogP contribution in [0, 0.1) is 11.3 Å². The van der Waals surface area contributed by atoms with Crippen LogP contribution >= 0.6 is 0 Å². The molecule has 0 aromatic carbocycles. The molecule has 4 nitrogen and oxygen atoms in total. The van der Waals surface area contributed by atoms with Gasteiger partial charge in [-0.3, -0.25) is 9.59 Å². The largest absolute Gasteiger partial charge is 0.481 e. The van der Waals surface area contributed by atoms with Crippen LogP contribution in [0.2, 0.25) is 0 Å². The van der Waals surface area contributed by atoms with Crippen molar-refractivity contribution in [3.05, 3.63) is 0 Å². The van der Waals surface area contributed by atoms with Crippen LogP contribution in [-0.2, 0) is 9.59 Å². The van der Waals surface area contributed by atoms with E-state index in [0.717, 1.165) is 17.7 Å². The van der Waals surface area contributed by atoms with E-state index in [9.17, 15) is 22.8 Å². The predicted molar refractivity (Wildman–Crippen MR) is 70.6 cm³/mol. The first-order valence-electron chi connectivity index (χ1n) is 6.99. The van der Waals surface area contributed by atoms with Gasteiger partial charge in [0, 0.05) is 12.5 Å². The molecule has 0 heterocycles. The van der Waals surface area contributed by atoms with E-state index in [4.69, 9.17) is 5.11 Å². The number of halogens is 3. The molecule has 0 spiro atoms. The Hall–Kier alpha value is -1.27. The summed E-state index contributed by atoms with van der Waals surface area (Å²) in [6.45, 7) is 3.51. The Morgan fingerprint density at radius 2 is 1.76 bits per heavy atom. The van der Waals surface area contributed by atoms with Crippen LogP contribution in [0.5, 0.6) is 0 Å². The van der Waals surface area contributed by atoms with Gasteiger partial charge in [-0.15, -0.1) is 0 Å². The van der Waals surface area contributed by atoms with Crippen molar-refractivity contribution in [2.45, 2.75) is 58.7 Å². The van der Waals surface area contributed by atoms with Crippen molar-refractivity contribution in [1.82, 2.24) is 4.90 Å². The standard InChI is InChI=1S/C14H22F3NO3/c1-9(10-4-5-10)18(8-14(15,16)17)11(19)6-13(2,3)7-12(20)21/h9-10H,4-8H2,1-3H3,(H,20,21). The summed E-state index contributed by atoms with van der Waals surface area (Å²) in [5.41, 5.74) is -0.865. The van der Waals surface area contributed by atoms with E-state index >= 15 is 0 Å². The van der Waals surface area contributed by atoms with Crippen molar-refractivity contribution in [2.24, 2.45) is 11.3 Å². The van der Waals surface area contributed by atoms with Crippen molar-refractivity contribution in [2.75, 3.05) is 6.54 Å². The Labute approximate surface area is 122 Å². The highest BCUT2D eigenvalue weighted by molar-refractivity contribution is 5.78. The second-order valence-corrected chi connectivity index (χ2v) is 6.63. The molecule has 0 bridgehead atoms. The van der Waals surface area contributed by atoms with Crippen LogP contribution in [-0.4, -0.2) is 40.6 Å². The van der Waals surface area contributed by atoms with Gasteiger partial charge in [0.25, 0.3) is 0 Å². The molecule has 0 aliphatic heterocycles. The zero-order valence-corrected chi connectivity index (χ0v) is 12.5. The monoisotopic (exact) mass is 309 g/mol. The van der Waals surface area contributed by atoms with Gasteiger partial charge in [0.15, 0.2) is 0 Å². The molecule has 0 aromatic rings. The molecule has 1 saturated carbocycles. The molecule has 1 aliphatic rings. The van der Waals surface area contributed by atoms with E-state index in [1.807, 2.05) is 0 Å². The van der Waals surface area contributed by atoms with Gasteiger partial charge < -0.3 is 10.0 Å². The maximum absolute atomic E-state index is 12.7. The van der Waals surface area contributed by atoms with E-state index in [1.165, 1.54) is 0 Å². The van der Waals surface area contributed by atoms with Gasteiger partial charge in [-0.2, -0.15) is 13.2 Å². The molecule has 0 radical (unpaired) electrons. The second kappa shape index (κ2) is 6.23. The lowest BCUT2D eigenvalue weighted by molar-refractivity contribution is -0.167. The lowest BCUT2D eigenvalue weighted by Gasteiger charge is -2.33.